The second kappa shape index (κ2) is 12.5. The van der Waals surface area contributed by atoms with Gasteiger partial charge in [-0.25, -0.2) is 4.79 Å². The zero-order valence-electron chi connectivity index (χ0n) is 20.4. The van der Waals surface area contributed by atoms with E-state index in [4.69, 9.17) is 9.47 Å². The van der Waals surface area contributed by atoms with Crippen molar-refractivity contribution >= 4 is 6.03 Å². The maximum atomic E-state index is 11.7. The topological polar surface area (TPSA) is 103 Å². The van der Waals surface area contributed by atoms with Crippen molar-refractivity contribution in [2.24, 2.45) is 0 Å². The van der Waals surface area contributed by atoms with Gasteiger partial charge in [-0.2, -0.15) is 0 Å². The lowest BCUT2D eigenvalue weighted by molar-refractivity contribution is -0.253. The summed E-state index contributed by atoms with van der Waals surface area (Å²) in [5.41, 5.74) is 3.84. The number of hydrogen-bond donors (Lipinski definition) is 4. The molecule has 0 aliphatic carbocycles. The molecule has 2 aliphatic heterocycles. The van der Waals surface area contributed by atoms with Gasteiger partial charge in [-0.15, -0.1) is 0 Å². The first-order chi connectivity index (χ1) is 17.1. The van der Waals surface area contributed by atoms with Crippen molar-refractivity contribution in [3.63, 3.8) is 0 Å². The van der Waals surface area contributed by atoms with Gasteiger partial charge in [-0.05, 0) is 43.0 Å². The Labute approximate surface area is 207 Å². The fraction of sp³-hybridized carbons (Fsp3) is 0.519. The molecule has 4 N–H and O–H groups in total. The molecule has 2 aromatic rings. The Morgan fingerprint density at radius 3 is 2.40 bits per heavy atom. The van der Waals surface area contributed by atoms with Crippen LogP contribution >= 0.6 is 0 Å². The molecule has 8 nitrogen and oxygen atoms in total. The molecule has 8 heteroatoms. The highest BCUT2D eigenvalue weighted by molar-refractivity contribution is 5.73. The first-order valence-electron chi connectivity index (χ1n) is 12.6. The Morgan fingerprint density at radius 1 is 1.00 bits per heavy atom. The summed E-state index contributed by atoms with van der Waals surface area (Å²) in [4.78, 5) is 14.0. The SMILES string of the molecule is CCNC(=O)NCc1ccc(C2O[C@H](CN3CCC[C@H]3CO)C[C@H](c3ccc(CO)cc3)O2)cc1. The predicted octanol–water partition coefficient (Wildman–Crippen LogP) is 3.00. The second-order valence-corrected chi connectivity index (χ2v) is 9.28. The summed E-state index contributed by atoms with van der Waals surface area (Å²) in [7, 11) is 0. The largest absolute Gasteiger partial charge is 0.395 e. The summed E-state index contributed by atoms with van der Waals surface area (Å²) in [5.74, 6) is 0. The lowest BCUT2D eigenvalue weighted by atomic mass is 9.99. The van der Waals surface area contributed by atoms with Crippen molar-refractivity contribution in [2.45, 2.75) is 63.9 Å². The molecular formula is C27H37N3O5. The lowest BCUT2D eigenvalue weighted by Crippen LogP contribution is -2.42. The van der Waals surface area contributed by atoms with Gasteiger partial charge in [0, 0.05) is 37.7 Å². The number of nitrogens with zero attached hydrogens (tertiary/aromatic N) is 1. The van der Waals surface area contributed by atoms with Crippen LogP contribution in [0.5, 0.6) is 0 Å². The molecule has 4 atom stereocenters. The van der Waals surface area contributed by atoms with E-state index in [1.54, 1.807) is 0 Å². The van der Waals surface area contributed by atoms with Crippen LogP contribution in [-0.2, 0) is 22.6 Å². The molecule has 2 aliphatic rings. The van der Waals surface area contributed by atoms with Crippen LogP contribution in [0.1, 0.15) is 60.8 Å². The Hall–Kier alpha value is -2.49. The third kappa shape index (κ3) is 6.80. The first kappa shape index (κ1) is 25.6. The number of amides is 2. The molecule has 0 aromatic heterocycles. The Kier molecular flexibility index (Phi) is 9.12. The number of aliphatic hydroxyl groups is 2. The molecule has 1 unspecified atom stereocenters. The van der Waals surface area contributed by atoms with E-state index in [0.717, 1.165) is 54.6 Å². The third-order valence-electron chi connectivity index (χ3n) is 6.81. The van der Waals surface area contributed by atoms with Crippen molar-refractivity contribution in [3.05, 3.63) is 70.8 Å². The quantitative estimate of drug-likeness (QED) is 0.437. The van der Waals surface area contributed by atoms with Crippen molar-refractivity contribution in [1.29, 1.82) is 0 Å². The van der Waals surface area contributed by atoms with Crippen LogP contribution in [0.3, 0.4) is 0 Å². The number of hydrogen-bond acceptors (Lipinski definition) is 6. The molecule has 2 aromatic carbocycles. The van der Waals surface area contributed by atoms with Crippen LogP contribution in [-0.4, -0.2) is 59.5 Å². The molecule has 2 saturated heterocycles. The molecule has 0 bridgehead atoms. The molecule has 4 rings (SSSR count). The Morgan fingerprint density at radius 2 is 1.71 bits per heavy atom. The highest BCUT2D eigenvalue weighted by atomic mass is 16.7. The fourth-order valence-electron chi connectivity index (χ4n) is 4.83. The predicted molar refractivity (Wildman–Crippen MR) is 132 cm³/mol. The van der Waals surface area contributed by atoms with Crippen molar-refractivity contribution in [2.75, 3.05) is 26.2 Å². The average molecular weight is 484 g/mol. The van der Waals surface area contributed by atoms with E-state index in [0.29, 0.717) is 13.1 Å². The van der Waals surface area contributed by atoms with Crippen LogP contribution in [0, 0.1) is 0 Å². The number of aliphatic hydroxyl groups excluding tert-OH is 2. The minimum atomic E-state index is -0.517. The third-order valence-corrected chi connectivity index (χ3v) is 6.81. The van der Waals surface area contributed by atoms with Crippen molar-refractivity contribution in [3.8, 4) is 0 Å². The van der Waals surface area contributed by atoms with Crippen LogP contribution < -0.4 is 10.6 Å². The van der Waals surface area contributed by atoms with Gasteiger partial charge < -0.3 is 30.3 Å². The van der Waals surface area contributed by atoms with E-state index in [9.17, 15) is 15.0 Å². The van der Waals surface area contributed by atoms with Gasteiger partial charge in [0.05, 0.1) is 25.4 Å². The summed E-state index contributed by atoms with van der Waals surface area (Å²) in [6, 6.07) is 15.8. The van der Waals surface area contributed by atoms with Gasteiger partial charge in [0.2, 0.25) is 0 Å². The second-order valence-electron chi connectivity index (χ2n) is 9.28. The zero-order valence-corrected chi connectivity index (χ0v) is 20.4. The van der Waals surface area contributed by atoms with E-state index in [-0.39, 0.29) is 37.5 Å². The summed E-state index contributed by atoms with van der Waals surface area (Å²) >= 11 is 0. The highest BCUT2D eigenvalue weighted by Crippen LogP contribution is 2.38. The number of ether oxygens (including phenoxy) is 2. The number of urea groups is 1. The number of likely N-dealkylation sites (tertiary alicyclic amines) is 1. The van der Waals surface area contributed by atoms with Gasteiger partial charge in [0.1, 0.15) is 0 Å². The smallest absolute Gasteiger partial charge is 0.315 e. The van der Waals surface area contributed by atoms with E-state index in [1.807, 2.05) is 55.5 Å². The summed E-state index contributed by atoms with van der Waals surface area (Å²) in [5, 5.41) is 24.7. The van der Waals surface area contributed by atoms with E-state index < -0.39 is 6.29 Å². The molecule has 35 heavy (non-hydrogen) atoms. The molecule has 2 amide bonds. The summed E-state index contributed by atoms with van der Waals surface area (Å²) in [6.07, 6.45) is 2.13. The lowest BCUT2D eigenvalue weighted by Gasteiger charge is -2.38. The van der Waals surface area contributed by atoms with E-state index in [1.165, 1.54) is 0 Å². The van der Waals surface area contributed by atoms with Gasteiger partial charge in [0.15, 0.2) is 6.29 Å². The van der Waals surface area contributed by atoms with E-state index in [2.05, 4.69) is 15.5 Å². The minimum Gasteiger partial charge on any atom is -0.395 e. The van der Waals surface area contributed by atoms with Crippen molar-refractivity contribution in [1.82, 2.24) is 15.5 Å². The fourth-order valence-corrected chi connectivity index (χ4v) is 4.83. The molecular weight excluding hydrogens is 446 g/mol. The Bertz CT molecular complexity index is 937. The van der Waals surface area contributed by atoms with Gasteiger partial charge in [-0.1, -0.05) is 48.5 Å². The van der Waals surface area contributed by atoms with Crippen LogP contribution in [0.25, 0.3) is 0 Å². The monoisotopic (exact) mass is 483 g/mol. The van der Waals surface area contributed by atoms with Crippen molar-refractivity contribution < 1.29 is 24.5 Å². The number of nitrogens with one attached hydrogen (secondary N) is 2. The first-order valence-corrected chi connectivity index (χ1v) is 12.6. The van der Waals surface area contributed by atoms with Crippen LogP contribution in [0.2, 0.25) is 0 Å². The van der Waals surface area contributed by atoms with Gasteiger partial charge in [-0.3, -0.25) is 4.90 Å². The summed E-state index contributed by atoms with van der Waals surface area (Å²) < 4.78 is 12.8. The zero-order chi connectivity index (χ0) is 24.6. The molecule has 2 heterocycles. The number of carbonyl (C=O) groups is 1. The maximum absolute atomic E-state index is 11.7. The summed E-state index contributed by atoms with van der Waals surface area (Å²) in [6.45, 7) is 4.82. The maximum Gasteiger partial charge on any atom is 0.315 e. The Balaban J connectivity index is 1.47. The van der Waals surface area contributed by atoms with Gasteiger partial charge in [0.25, 0.3) is 0 Å². The van der Waals surface area contributed by atoms with Crippen LogP contribution in [0.4, 0.5) is 4.79 Å². The standard InChI is InChI=1S/C27H37N3O5/c1-2-28-27(33)29-15-19-5-11-22(12-6-19)26-34-24(16-30-13-3-4-23(30)18-32)14-25(35-26)21-9-7-20(17-31)8-10-21/h5-12,23-26,31-32H,2-4,13-18H2,1H3,(H2,28,29,33)/t23-,24-,25+,26?/m0/s1. The minimum absolute atomic E-state index is 0.0129. The highest BCUT2D eigenvalue weighted by Gasteiger charge is 2.35. The molecule has 0 saturated carbocycles. The molecule has 0 spiro atoms. The van der Waals surface area contributed by atoms with E-state index >= 15 is 0 Å². The molecule has 190 valence electrons. The number of benzene rings is 2. The number of carbonyl (C=O) groups excluding carboxylic acids is 1. The average Bonchev–Trinajstić information content (AvgIpc) is 3.35. The molecule has 2 fully saturated rings. The number of rotatable bonds is 9. The van der Waals surface area contributed by atoms with Gasteiger partial charge >= 0.3 is 6.03 Å². The molecule has 0 radical (unpaired) electrons. The van der Waals surface area contributed by atoms with Crippen LogP contribution in [0.15, 0.2) is 48.5 Å². The normalized spacial score (nSPS) is 24.9.